The van der Waals surface area contributed by atoms with Gasteiger partial charge in [0.25, 0.3) is 11.5 Å². The van der Waals surface area contributed by atoms with Gasteiger partial charge in [-0.1, -0.05) is 12.1 Å². The van der Waals surface area contributed by atoms with E-state index in [-0.39, 0.29) is 30.6 Å². The van der Waals surface area contributed by atoms with E-state index in [0.29, 0.717) is 19.3 Å². The first kappa shape index (κ1) is 21.1. The second-order valence-corrected chi connectivity index (χ2v) is 8.86. The Bertz CT molecular complexity index is 964. The van der Waals surface area contributed by atoms with Gasteiger partial charge in [0.05, 0.1) is 5.75 Å². The summed E-state index contributed by atoms with van der Waals surface area (Å²) in [4.78, 5) is 28.9. The van der Waals surface area contributed by atoms with Crippen molar-refractivity contribution in [3.8, 4) is 5.75 Å². The van der Waals surface area contributed by atoms with Crippen molar-refractivity contribution in [3.05, 3.63) is 51.7 Å². The number of nitrogens with zero attached hydrogens (tertiary/aromatic N) is 3. The van der Waals surface area contributed by atoms with E-state index >= 15 is 0 Å². The Morgan fingerprint density at radius 3 is 2.62 bits per heavy atom. The average molecular weight is 426 g/mol. The molecule has 0 atom stereocenters. The highest BCUT2D eigenvalue weighted by atomic mass is 32.3. The molecular weight excluding hydrogens is 403 g/mol. The highest BCUT2D eigenvalue weighted by Crippen LogP contribution is 2.48. The number of carbonyl (C=O) groups excluding carboxylic acids is 1. The van der Waals surface area contributed by atoms with Crippen LogP contribution in [0.4, 0.5) is 10.3 Å². The van der Waals surface area contributed by atoms with Crippen LogP contribution >= 0.6 is 10.8 Å². The Kier molecular flexibility index (Phi) is 6.10. The smallest absolute Gasteiger partial charge is 0.297 e. The zero-order valence-corrected chi connectivity index (χ0v) is 16.7. The van der Waals surface area contributed by atoms with Gasteiger partial charge < -0.3 is 10.4 Å². The van der Waals surface area contributed by atoms with E-state index < -0.39 is 33.7 Å². The van der Waals surface area contributed by atoms with Crippen LogP contribution < -0.4 is 15.2 Å². The Balaban J connectivity index is 1.81. The largest absolute Gasteiger partial charge is 0.501 e. The fourth-order valence-electron chi connectivity index (χ4n) is 3.05. The fraction of sp³-hybridized carbons (Fsp3) is 0.389. The standard InChI is InChI=1S/C18H23FN4O5S/c1-22-17(26)15(24)14(21-18(22)23-10-2-3-11-29(23,27)28)16(25)20-9-8-12-4-6-13(19)7-5-12/h4-7,24,27-28H,2-3,8-11H2,1H3,(H,20,25). The van der Waals surface area contributed by atoms with Gasteiger partial charge in [-0.2, -0.15) is 0 Å². The summed E-state index contributed by atoms with van der Waals surface area (Å²) in [6.07, 6.45) is 1.71. The topological polar surface area (TPSA) is 128 Å². The second-order valence-electron chi connectivity index (χ2n) is 6.75. The number of nitrogens with one attached hydrogen (secondary N) is 1. The highest BCUT2D eigenvalue weighted by Gasteiger charge is 2.31. The molecule has 11 heteroatoms. The molecule has 0 aliphatic carbocycles. The highest BCUT2D eigenvalue weighted by molar-refractivity contribution is 8.25. The molecule has 1 fully saturated rings. The quantitative estimate of drug-likeness (QED) is 0.575. The molecule has 3 rings (SSSR count). The van der Waals surface area contributed by atoms with Crippen molar-refractivity contribution in [2.75, 3.05) is 23.1 Å². The lowest BCUT2D eigenvalue weighted by Gasteiger charge is -2.46. The molecule has 9 nitrogen and oxygen atoms in total. The third-order valence-electron chi connectivity index (χ3n) is 4.68. The van der Waals surface area contributed by atoms with Crippen LogP contribution in [0.25, 0.3) is 0 Å². The zero-order chi connectivity index (χ0) is 21.2. The van der Waals surface area contributed by atoms with Gasteiger partial charge in [0.2, 0.25) is 11.7 Å². The molecule has 158 valence electrons. The first-order valence-electron chi connectivity index (χ1n) is 9.07. The van der Waals surface area contributed by atoms with Gasteiger partial charge >= 0.3 is 0 Å². The number of carbonyl (C=O) groups is 1. The van der Waals surface area contributed by atoms with E-state index in [1.165, 1.54) is 23.5 Å². The van der Waals surface area contributed by atoms with E-state index in [1.807, 2.05) is 0 Å². The second kappa shape index (κ2) is 8.39. The molecule has 2 aromatic rings. The Labute approximate surface area is 168 Å². The third kappa shape index (κ3) is 4.52. The molecule has 1 aromatic heterocycles. The first-order chi connectivity index (χ1) is 13.7. The van der Waals surface area contributed by atoms with Crippen LogP contribution in [0.1, 0.15) is 28.9 Å². The molecule has 29 heavy (non-hydrogen) atoms. The van der Waals surface area contributed by atoms with Crippen molar-refractivity contribution < 1.29 is 23.4 Å². The van der Waals surface area contributed by atoms with E-state index in [4.69, 9.17) is 0 Å². The number of benzene rings is 1. The van der Waals surface area contributed by atoms with Crippen molar-refractivity contribution >= 4 is 22.6 Å². The van der Waals surface area contributed by atoms with Crippen molar-refractivity contribution in [1.29, 1.82) is 0 Å². The molecule has 2 heterocycles. The van der Waals surface area contributed by atoms with Crippen molar-refractivity contribution in [3.63, 3.8) is 0 Å². The molecule has 1 amide bonds. The van der Waals surface area contributed by atoms with Crippen LogP contribution in [0.15, 0.2) is 29.1 Å². The number of rotatable bonds is 5. The maximum Gasteiger partial charge on any atom is 0.297 e. The number of amides is 1. The van der Waals surface area contributed by atoms with Crippen molar-refractivity contribution in [2.45, 2.75) is 19.3 Å². The van der Waals surface area contributed by atoms with Gasteiger partial charge in [0.1, 0.15) is 5.82 Å². The van der Waals surface area contributed by atoms with E-state index in [0.717, 1.165) is 10.1 Å². The molecular formula is C18H23FN4O5S. The summed E-state index contributed by atoms with van der Waals surface area (Å²) in [5.74, 6) is -1.89. The number of hydrogen-bond donors (Lipinski definition) is 4. The molecule has 0 spiro atoms. The summed E-state index contributed by atoms with van der Waals surface area (Å²) in [7, 11) is -1.82. The summed E-state index contributed by atoms with van der Waals surface area (Å²) in [5.41, 5.74) is -0.543. The van der Waals surface area contributed by atoms with Gasteiger partial charge in [0.15, 0.2) is 5.69 Å². The predicted molar refractivity (Wildman–Crippen MR) is 108 cm³/mol. The zero-order valence-electron chi connectivity index (χ0n) is 15.8. The predicted octanol–water partition coefficient (Wildman–Crippen LogP) is 1.86. The lowest BCUT2D eigenvalue weighted by atomic mass is 10.1. The summed E-state index contributed by atoms with van der Waals surface area (Å²) in [5, 5.41) is 12.7. The van der Waals surface area contributed by atoms with E-state index in [2.05, 4.69) is 10.3 Å². The first-order valence-corrected chi connectivity index (χ1v) is 10.7. The lowest BCUT2D eigenvalue weighted by Crippen LogP contribution is -2.40. The monoisotopic (exact) mass is 426 g/mol. The van der Waals surface area contributed by atoms with Crippen LogP contribution in [0.5, 0.6) is 5.75 Å². The number of hydrogen-bond acceptors (Lipinski definition) is 7. The number of halogens is 1. The van der Waals surface area contributed by atoms with Gasteiger partial charge in [-0.25, -0.2) is 13.7 Å². The van der Waals surface area contributed by atoms with Gasteiger partial charge in [-0.05, 0) is 37.0 Å². The molecule has 0 saturated carbocycles. The summed E-state index contributed by atoms with van der Waals surface area (Å²) in [6.45, 7) is 0.439. The normalized spacial score (nSPS) is 17.0. The van der Waals surface area contributed by atoms with Gasteiger partial charge in [0, 0.05) is 20.1 Å². The van der Waals surface area contributed by atoms with E-state index in [9.17, 15) is 28.2 Å². The number of aromatic nitrogens is 2. The minimum atomic E-state index is -3.16. The van der Waals surface area contributed by atoms with Crippen LogP contribution in [-0.2, 0) is 13.5 Å². The van der Waals surface area contributed by atoms with Crippen LogP contribution in [0.3, 0.4) is 0 Å². The molecule has 1 aliphatic heterocycles. The molecule has 0 bridgehead atoms. The van der Waals surface area contributed by atoms with Crippen LogP contribution in [-0.4, -0.2) is 48.5 Å². The SMILES string of the molecule is Cn1c(N2CCCCS2(O)O)nc(C(=O)NCCc2ccc(F)cc2)c(O)c1=O. The molecule has 0 radical (unpaired) electrons. The van der Waals surface area contributed by atoms with Gasteiger partial charge in [-0.3, -0.25) is 23.3 Å². The number of anilines is 1. The number of aromatic hydroxyl groups is 1. The molecule has 0 unspecified atom stereocenters. The Hall–Kier alpha value is -2.63. The average Bonchev–Trinajstić information content (AvgIpc) is 2.68. The van der Waals surface area contributed by atoms with Crippen molar-refractivity contribution in [1.82, 2.24) is 14.9 Å². The minimum Gasteiger partial charge on any atom is -0.501 e. The lowest BCUT2D eigenvalue weighted by molar-refractivity contribution is 0.0945. The van der Waals surface area contributed by atoms with Gasteiger partial charge in [-0.15, -0.1) is 10.8 Å². The van der Waals surface area contributed by atoms with Crippen LogP contribution in [0, 0.1) is 5.82 Å². The summed E-state index contributed by atoms with van der Waals surface area (Å²) < 4.78 is 35.8. The Morgan fingerprint density at radius 2 is 1.97 bits per heavy atom. The molecule has 1 saturated heterocycles. The maximum absolute atomic E-state index is 12.9. The van der Waals surface area contributed by atoms with Crippen LogP contribution in [0.2, 0.25) is 0 Å². The maximum atomic E-state index is 12.9. The summed E-state index contributed by atoms with van der Waals surface area (Å²) in [6, 6.07) is 5.81. The molecule has 1 aromatic carbocycles. The van der Waals surface area contributed by atoms with Crippen molar-refractivity contribution in [2.24, 2.45) is 7.05 Å². The molecule has 4 N–H and O–H groups in total. The fourth-order valence-corrected chi connectivity index (χ4v) is 4.71. The molecule has 1 aliphatic rings. The third-order valence-corrected chi connectivity index (χ3v) is 6.56. The Morgan fingerprint density at radius 1 is 1.28 bits per heavy atom. The van der Waals surface area contributed by atoms with E-state index in [1.54, 1.807) is 12.1 Å². The minimum absolute atomic E-state index is 0.0869. The summed E-state index contributed by atoms with van der Waals surface area (Å²) >= 11 is 0.